The van der Waals surface area contributed by atoms with E-state index in [9.17, 15) is 24.5 Å². The molecule has 0 aliphatic carbocycles. The Kier molecular flexibility index (Phi) is 4.27. The fraction of sp³-hybridized carbons (Fsp3) is 0.455. The van der Waals surface area contributed by atoms with E-state index in [-0.39, 0.29) is 24.1 Å². The number of benzene rings is 1. The number of hydrogen-bond donors (Lipinski definition) is 2. The van der Waals surface area contributed by atoms with E-state index in [1.165, 1.54) is 18.2 Å². The maximum absolute atomic E-state index is 11.8. The van der Waals surface area contributed by atoms with Crippen LogP contribution in [0.1, 0.15) is 32.3 Å². The minimum absolute atomic E-state index is 0.105. The third kappa shape index (κ3) is 2.32. The van der Waals surface area contributed by atoms with Gasteiger partial charge in [-0.3, -0.25) is 14.7 Å². The van der Waals surface area contributed by atoms with Gasteiger partial charge in [-0.25, -0.2) is 0 Å². The summed E-state index contributed by atoms with van der Waals surface area (Å²) in [5.74, 6) is 0. The number of nitro benzene ring substituents is 1. The molecule has 7 heteroatoms. The van der Waals surface area contributed by atoms with E-state index in [1.807, 2.05) is 0 Å². The Bertz CT molecular complexity index is 492. The zero-order valence-corrected chi connectivity index (χ0v) is 11.1. The molecule has 0 unspecified atom stereocenters. The molecule has 1 aromatic rings. The molecule has 0 aliphatic rings. The lowest BCUT2D eigenvalue weighted by Crippen LogP contribution is -2.25. The molecule has 0 aromatic heterocycles. The van der Waals surface area contributed by atoms with Crippen LogP contribution in [0, 0.1) is 10.1 Å². The predicted molar refractivity (Wildman–Crippen MR) is 67.4 cm³/mol. The lowest BCUT2D eigenvalue weighted by atomic mass is 9.91. The number of hydrogen-bond acceptors (Lipinski definition) is 3. The highest BCUT2D eigenvalue weighted by Gasteiger charge is 2.48. The third-order valence-corrected chi connectivity index (χ3v) is 5.32. The molecule has 0 bridgehead atoms. The van der Waals surface area contributed by atoms with Crippen molar-refractivity contribution >= 4 is 13.3 Å². The Morgan fingerprint density at radius 3 is 2.17 bits per heavy atom. The third-order valence-electron chi connectivity index (χ3n) is 3.33. The van der Waals surface area contributed by atoms with Gasteiger partial charge in [0.15, 0.2) is 0 Å². The molecule has 0 aliphatic heterocycles. The van der Waals surface area contributed by atoms with E-state index in [2.05, 4.69) is 0 Å². The van der Waals surface area contributed by atoms with Crippen molar-refractivity contribution in [3.05, 3.63) is 39.9 Å². The van der Waals surface area contributed by atoms with Crippen LogP contribution in [-0.2, 0) is 9.72 Å². The van der Waals surface area contributed by atoms with Gasteiger partial charge in [0.1, 0.15) is 5.16 Å². The Morgan fingerprint density at radius 2 is 1.78 bits per heavy atom. The first-order valence-corrected chi connectivity index (χ1v) is 7.21. The van der Waals surface area contributed by atoms with Crippen molar-refractivity contribution in [1.29, 1.82) is 0 Å². The summed E-state index contributed by atoms with van der Waals surface area (Å²) in [6.07, 6.45) is 0.275. The van der Waals surface area contributed by atoms with Gasteiger partial charge in [-0.1, -0.05) is 32.0 Å². The van der Waals surface area contributed by atoms with Crippen LogP contribution in [0.5, 0.6) is 0 Å². The smallest absolute Gasteiger partial charge is 0.324 e. The summed E-state index contributed by atoms with van der Waals surface area (Å²) in [7, 11) is -4.50. The summed E-state index contributed by atoms with van der Waals surface area (Å²) in [4.78, 5) is 29.5. The normalized spacial score (nSPS) is 12.4. The molecule has 0 radical (unpaired) electrons. The van der Waals surface area contributed by atoms with Crippen LogP contribution in [0.25, 0.3) is 0 Å². The molecule has 6 nitrogen and oxygen atoms in total. The predicted octanol–water partition coefficient (Wildman–Crippen LogP) is 2.79. The maximum Gasteiger partial charge on any atom is 0.336 e. The second kappa shape index (κ2) is 5.18. The summed E-state index contributed by atoms with van der Waals surface area (Å²) < 4.78 is 11.8. The molecule has 18 heavy (non-hydrogen) atoms. The highest BCUT2D eigenvalue weighted by molar-refractivity contribution is 7.53. The van der Waals surface area contributed by atoms with Gasteiger partial charge < -0.3 is 9.79 Å². The second-order valence-corrected chi connectivity index (χ2v) is 6.00. The Labute approximate surface area is 105 Å². The largest absolute Gasteiger partial charge is 0.336 e. The van der Waals surface area contributed by atoms with Crippen LogP contribution >= 0.6 is 7.60 Å². The van der Waals surface area contributed by atoms with E-state index in [0.717, 1.165) is 0 Å². The Morgan fingerprint density at radius 1 is 1.28 bits per heavy atom. The lowest BCUT2D eigenvalue weighted by Gasteiger charge is -2.32. The van der Waals surface area contributed by atoms with Crippen LogP contribution in [0.2, 0.25) is 0 Å². The number of nitrogens with zero attached hydrogens (tertiary/aromatic N) is 1. The first-order valence-electron chi connectivity index (χ1n) is 5.59. The Hall–Kier alpha value is -1.23. The molecule has 1 aromatic carbocycles. The van der Waals surface area contributed by atoms with Gasteiger partial charge in [-0.15, -0.1) is 0 Å². The van der Waals surface area contributed by atoms with E-state index in [0.29, 0.717) is 0 Å². The summed E-state index contributed by atoms with van der Waals surface area (Å²) in [5.41, 5.74) is -0.141. The van der Waals surface area contributed by atoms with Crippen LogP contribution in [0.15, 0.2) is 24.3 Å². The van der Waals surface area contributed by atoms with Gasteiger partial charge in [-0.05, 0) is 12.8 Å². The highest BCUT2D eigenvalue weighted by atomic mass is 31.2. The lowest BCUT2D eigenvalue weighted by molar-refractivity contribution is -0.385. The molecule has 0 saturated carbocycles. The van der Waals surface area contributed by atoms with Gasteiger partial charge in [0.2, 0.25) is 0 Å². The van der Waals surface area contributed by atoms with Gasteiger partial charge in [-0.2, -0.15) is 0 Å². The van der Waals surface area contributed by atoms with Crippen molar-refractivity contribution in [1.82, 2.24) is 0 Å². The minimum atomic E-state index is -4.50. The first-order chi connectivity index (χ1) is 8.30. The molecular formula is C11H16NO5P. The molecule has 1 rings (SSSR count). The van der Waals surface area contributed by atoms with Crippen molar-refractivity contribution in [2.75, 3.05) is 0 Å². The molecule has 0 atom stereocenters. The minimum Gasteiger partial charge on any atom is -0.324 e. The summed E-state index contributed by atoms with van der Waals surface area (Å²) in [5, 5.41) is 9.49. The molecule has 100 valence electrons. The highest BCUT2D eigenvalue weighted by Crippen LogP contribution is 2.62. The van der Waals surface area contributed by atoms with Gasteiger partial charge >= 0.3 is 7.60 Å². The van der Waals surface area contributed by atoms with Crippen molar-refractivity contribution in [2.24, 2.45) is 0 Å². The van der Waals surface area contributed by atoms with Crippen LogP contribution < -0.4 is 0 Å². The SMILES string of the molecule is CCC(CC)(c1ccccc1[N+](=O)[O-])P(=O)(O)O. The van der Waals surface area contributed by atoms with Crippen LogP contribution in [-0.4, -0.2) is 14.7 Å². The molecular weight excluding hydrogens is 257 g/mol. The van der Waals surface area contributed by atoms with Crippen molar-refractivity contribution in [3.63, 3.8) is 0 Å². The zero-order valence-electron chi connectivity index (χ0n) is 10.2. The molecule has 0 heterocycles. The van der Waals surface area contributed by atoms with E-state index < -0.39 is 17.7 Å². The average Bonchev–Trinajstić information content (AvgIpc) is 2.30. The number of nitro groups is 1. The molecule has 2 N–H and O–H groups in total. The molecule has 0 amide bonds. The van der Waals surface area contributed by atoms with Crippen molar-refractivity contribution < 1.29 is 19.3 Å². The van der Waals surface area contributed by atoms with E-state index >= 15 is 0 Å². The Balaban J connectivity index is 3.59. The standard InChI is InChI=1S/C11H16NO5P/c1-3-11(4-2,18(15,16)17)9-7-5-6-8-10(9)12(13)14/h5-8H,3-4H2,1-2H3,(H2,15,16,17). The molecule has 0 spiro atoms. The molecule has 0 fully saturated rings. The van der Waals surface area contributed by atoms with Crippen molar-refractivity contribution in [3.8, 4) is 0 Å². The summed E-state index contributed by atoms with van der Waals surface area (Å²) in [6, 6.07) is 5.73. The van der Waals surface area contributed by atoms with Gasteiger partial charge in [0, 0.05) is 11.6 Å². The van der Waals surface area contributed by atoms with Crippen LogP contribution in [0.4, 0.5) is 5.69 Å². The average molecular weight is 273 g/mol. The maximum atomic E-state index is 11.8. The van der Waals surface area contributed by atoms with Crippen LogP contribution in [0.3, 0.4) is 0 Å². The monoisotopic (exact) mass is 273 g/mol. The van der Waals surface area contributed by atoms with Gasteiger partial charge in [0.25, 0.3) is 5.69 Å². The molecule has 0 saturated heterocycles. The number of rotatable bonds is 5. The van der Waals surface area contributed by atoms with E-state index in [1.54, 1.807) is 19.9 Å². The quantitative estimate of drug-likeness (QED) is 0.488. The summed E-state index contributed by atoms with van der Waals surface area (Å²) >= 11 is 0. The fourth-order valence-electron chi connectivity index (χ4n) is 2.23. The summed E-state index contributed by atoms with van der Waals surface area (Å²) in [6.45, 7) is 3.25. The first kappa shape index (κ1) is 14.8. The van der Waals surface area contributed by atoms with Gasteiger partial charge in [0.05, 0.1) is 4.92 Å². The fourth-order valence-corrected chi connectivity index (χ4v) is 3.55. The number of para-hydroxylation sites is 1. The zero-order chi connectivity index (χ0) is 14.0. The van der Waals surface area contributed by atoms with Crippen molar-refractivity contribution in [2.45, 2.75) is 31.8 Å². The van der Waals surface area contributed by atoms with E-state index in [4.69, 9.17) is 0 Å². The topological polar surface area (TPSA) is 101 Å². The second-order valence-electron chi connectivity index (χ2n) is 4.06.